The molecule has 29 heavy (non-hydrogen) atoms. The zero-order valence-corrected chi connectivity index (χ0v) is 17.5. The van der Waals surface area contributed by atoms with Gasteiger partial charge < -0.3 is 9.42 Å². The highest BCUT2D eigenvalue weighted by Gasteiger charge is 2.42. The van der Waals surface area contributed by atoms with E-state index in [9.17, 15) is 22.8 Å². The first-order valence-corrected chi connectivity index (χ1v) is 10.8. The molecule has 0 aliphatic carbocycles. The van der Waals surface area contributed by atoms with Crippen LogP contribution in [0.4, 0.5) is 0 Å². The topological polar surface area (TPSA) is 115 Å². The molecule has 2 aromatic rings. The van der Waals surface area contributed by atoms with E-state index >= 15 is 0 Å². The van der Waals surface area contributed by atoms with Crippen molar-refractivity contribution in [1.82, 2.24) is 10.1 Å². The van der Waals surface area contributed by atoms with Gasteiger partial charge in [-0.15, -0.1) is 0 Å². The summed E-state index contributed by atoms with van der Waals surface area (Å²) in [5, 5.41) is 3.62. The molecule has 1 aromatic heterocycles. The van der Waals surface area contributed by atoms with E-state index in [2.05, 4.69) is 5.16 Å². The Hall–Kier alpha value is -2.52. The van der Waals surface area contributed by atoms with E-state index in [0.29, 0.717) is 5.69 Å². The molecular weight excluding hydrogens is 420 g/mol. The number of piperidine rings is 1. The fourth-order valence-electron chi connectivity index (χ4n) is 3.12. The average molecular weight is 439 g/mol. The van der Waals surface area contributed by atoms with Crippen molar-refractivity contribution in [2.45, 2.75) is 35.9 Å². The van der Waals surface area contributed by atoms with Crippen molar-refractivity contribution >= 4 is 38.9 Å². The highest BCUT2D eigenvalue weighted by molar-refractivity contribution is 7.92. The Morgan fingerprint density at radius 3 is 2.62 bits per heavy atom. The zero-order valence-electron chi connectivity index (χ0n) is 16.0. The van der Waals surface area contributed by atoms with Gasteiger partial charge in [0.25, 0.3) is 0 Å². The number of likely N-dealkylation sites (tertiary alicyclic amines) is 1. The van der Waals surface area contributed by atoms with Crippen LogP contribution in [0.5, 0.6) is 0 Å². The number of halogens is 1. The third kappa shape index (κ3) is 3.84. The molecule has 0 radical (unpaired) electrons. The van der Waals surface area contributed by atoms with Gasteiger partial charge in [-0.05, 0) is 26.0 Å². The Bertz CT molecular complexity index is 1090. The number of carbonyl (C=O) groups is 3. The Morgan fingerprint density at radius 2 is 2.00 bits per heavy atom. The molecule has 154 valence electrons. The van der Waals surface area contributed by atoms with Crippen molar-refractivity contribution in [3.63, 3.8) is 0 Å². The molecule has 8 nitrogen and oxygen atoms in total. The van der Waals surface area contributed by atoms with Crippen LogP contribution in [0.15, 0.2) is 39.8 Å². The molecule has 0 bridgehead atoms. The number of ketones is 2. The molecule has 10 heteroatoms. The zero-order chi connectivity index (χ0) is 21.5. The van der Waals surface area contributed by atoms with Crippen molar-refractivity contribution in [2.75, 3.05) is 7.05 Å². The largest absolute Gasteiger partial charge is 0.358 e. The second-order valence-electron chi connectivity index (χ2n) is 7.03. The Kier molecular flexibility index (Phi) is 5.64. The van der Waals surface area contributed by atoms with Crippen LogP contribution in [0.2, 0.25) is 0 Å². The molecule has 2 heterocycles. The maximum Gasteiger partial charge on any atom is 0.241 e. The third-order valence-corrected chi connectivity index (χ3v) is 7.53. The quantitative estimate of drug-likeness (QED) is 0.399. The standard InChI is InChI=1S/C19H19ClN2O6S/c1-10-7-15(28-21-10)18(20)29(26,27)13-6-4-5-12(9-13)17(24)16-14(23)8-11(2)22(3)19(16)25/h4-7,9,11,16,18H,8H2,1-3H3. The number of amides is 1. The van der Waals surface area contributed by atoms with Crippen molar-refractivity contribution in [2.24, 2.45) is 5.92 Å². The molecule has 3 unspecified atom stereocenters. The predicted molar refractivity (Wildman–Crippen MR) is 103 cm³/mol. The van der Waals surface area contributed by atoms with Crippen molar-refractivity contribution in [1.29, 1.82) is 0 Å². The van der Waals surface area contributed by atoms with Crippen LogP contribution in [0.1, 0.15) is 39.9 Å². The maximum absolute atomic E-state index is 12.9. The Labute approximate surface area is 172 Å². The summed E-state index contributed by atoms with van der Waals surface area (Å²) in [4.78, 5) is 38.8. The van der Waals surface area contributed by atoms with Crippen LogP contribution in [0.3, 0.4) is 0 Å². The normalized spacial score (nSPS) is 21.3. The number of alkyl halides is 1. The van der Waals surface area contributed by atoms with Gasteiger partial charge >= 0.3 is 0 Å². The Balaban J connectivity index is 1.94. The third-order valence-electron chi connectivity index (χ3n) is 4.93. The molecular formula is C19H19ClN2O6S. The molecule has 1 amide bonds. The van der Waals surface area contributed by atoms with Crippen LogP contribution in [0, 0.1) is 12.8 Å². The molecule has 0 saturated carbocycles. The second kappa shape index (κ2) is 7.72. The lowest BCUT2D eigenvalue weighted by atomic mass is 9.85. The van der Waals surface area contributed by atoms with Crippen LogP contribution in [-0.4, -0.2) is 49.0 Å². The number of carbonyl (C=O) groups excluding carboxylic acids is 3. The molecule has 1 aliphatic rings. The predicted octanol–water partition coefficient (Wildman–Crippen LogP) is 2.31. The number of benzene rings is 1. The summed E-state index contributed by atoms with van der Waals surface area (Å²) in [6.45, 7) is 3.34. The minimum Gasteiger partial charge on any atom is -0.358 e. The highest BCUT2D eigenvalue weighted by Crippen LogP contribution is 2.33. The van der Waals surface area contributed by atoms with Crippen LogP contribution in [-0.2, 0) is 19.4 Å². The monoisotopic (exact) mass is 438 g/mol. The number of hydrogen-bond acceptors (Lipinski definition) is 7. The van der Waals surface area contributed by atoms with E-state index in [4.69, 9.17) is 16.1 Å². The smallest absolute Gasteiger partial charge is 0.241 e. The van der Waals surface area contributed by atoms with E-state index in [0.717, 1.165) is 6.07 Å². The SMILES string of the molecule is Cc1cc(C(Cl)S(=O)(=O)c2cccc(C(=O)C3C(=O)CC(C)N(C)C3=O)c2)on1. The van der Waals surface area contributed by atoms with E-state index < -0.39 is 37.9 Å². The number of nitrogens with zero attached hydrogens (tertiary/aromatic N) is 2. The van der Waals surface area contributed by atoms with Crippen molar-refractivity contribution in [3.05, 3.63) is 47.3 Å². The van der Waals surface area contributed by atoms with Gasteiger partial charge in [0.15, 0.2) is 28.0 Å². The summed E-state index contributed by atoms with van der Waals surface area (Å²) in [6, 6.07) is 6.23. The number of aryl methyl sites for hydroxylation is 1. The summed E-state index contributed by atoms with van der Waals surface area (Å²) in [5.41, 5.74) is 0.413. The van der Waals surface area contributed by atoms with Gasteiger partial charge in [-0.2, -0.15) is 0 Å². The first-order chi connectivity index (χ1) is 13.5. The van der Waals surface area contributed by atoms with Gasteiger partial charge in [0, 0.05) is 31.1 Å². The Morgan fingerprint density at radius 1 is 1.31 bits per heavy atom. The van der Waals surface area contributed by atoms with E-state index in [1.807, 2.05) is 0 Å². The average Bonchev–Trinajstić information content (AvgIpc) is 3.11. The lowest BCUT2D eigenvalue weighted by Crippen LogP contribution is -2.51. The lowest BCUT2D eigenvalue weighted by Gasteiger charge is -2.33. The minimum atomic E-state index is -4.11. The van der Waals surface area contributed by atoms with Crippen LogP contribution < -0.4 is 0 Å². The summed E-state index contributed by atoms with van der Waals surface area (Å²) < 4.78 is 29.1. The van der Waals surface area contributed by atoms with Crippen molar-refractivity contribution < 1.29 is 27.3 Å². The summed E-state index contributed by atoms with van der Waals surface area (Å²) in [5.74, 6) is -3.34. The number of sulfone groups is 1. The minimum absolute atomic E-state index is 0.0471. The van der Waals surface area contributed by atoms with Crippen molar-refractivity contribution in [3.8, 4) is 0 Å². The number of aromatic nitrogens is 1. The number of rotatable bonds is 5. The molecule has 1 saturated heterocycles. The second-order valence-corrected chi connectivity index (χ2v) is 9.75. The lowest BCUT2D eigenvalue weighted by molar-refractivity contribution is -0.144. The van der Waals surface area contributed by atoms with Gasteiger partial charge in [-0.3, -0.25) is 14.4 Å². The molecule has 3 atom stereocenters. The van der Waals surface area contributed by atoms with E-state index in [1.54, 1.807) is 13.8 Å². The first kappa shape index (κ1) is 21.2. The fourth-order valence-corrected chi connectivity index (χ4v) is 4.75. The van der Waals surface area contributed by atoms with Gasteiger partial charge in [0.2, 0.25) is 15.7 Å². The van der Waals surface area contributed by atoms with E-state index in [1.165, 1.54) is 36.2 Å². The molecule has 1 aromatic carbocycles. The van der Waals surface area contributed by atoms with Gasteiger partial charge in [0.1, 0.15) is 0 Å². The summed E-state index contributed by atoms with van der Waals surface area (Å²) in [7, 11) is -2.59. The highest BCUT2D eigenvalue weighted by atomic mass is 35.5. The fraction of sp³-hybridized carbons (Fsp3) is 0.368. The van der Waals surface area contributed by atoms with Gasteiger partial charge in [-0.1, -0.05) is 28.9 Å². The van der Waals surface area contributed by atoms with Crippen LogP contribution in [0.25, 0.3) is 0 Å². The molecule has 0 spiro atoms. The van der Waals surface area contributed by atoms with Gasteiger partial charge in [0.05, 0.1) is 10.6 Å². The number of Topliss-reactive ketones (excluding diaryl/α,β-unsaturated/α-hetero) is 2. The summed E-state index contributed by atoms with van der Waals surface area (Å²) >= 11 is 6.09. The maximum atomic E-state index is 12.9. The summed E-state index contributed by atoms with van der Waals surface area (Å²) in [6.07, 6.45) is 0.0607. The van der Waals surface area contributed by atoms with E-state index in [-0.39, 0.29) is 28.7 Å². The first-order valence-electron chi connectivity index (χ1n) is 8.79. The van der Waals surface area contributed by atoms with Gasteiger partial charge in [-0.25, -0.2) is 8.42 Å². The molecule has 1 fully saturated rings. The molecule has 1 aliphatic heterocycles. The van der Waals surface area contributed by atoms with Crippen LogP contribution >= 0.6 is 11.6 Å². The molecule has 3 rings (SSSR count). The molecule has 0 N–H and O–H groups in total. The number of hydrogen-bond donors (Lipinski definition) is 0.